The second-order valence-corrected chi connectivity index (χ2v) is 4.82. The van der Waals surface area contributed by atoms with Crippen molar-refractivity contribution in [3.8, 4) is 11.3 Å². The van der Waals surface area contributed by atoms with Gasteiger partial charge in [-0.15, -0.1) is 0 Å². The Hall–Kier alpha value is -1.61. The SMILES string of the molecule is CNCCc1c(-c2ccc(C)cc2C)ncn1C. The molecule has 2 aromatic rings. The Morgan fingerprint density at radius 3 is 2.72 bits per heavy atom. The lowest BCUT2D eigenvalue weighted by Crippen LogP contribution is -2.12. The van der Waals surface area contributed by atoms with Gasteiger partial charge in [-0.05, 0) is 26.5 Å². The van der Waals surface area contributed by atoms with E-state index in [9.17, 15) is 0 Å². The molecule has 0 spiro atoms. The van der Waals surface area contributed by atoms with E-state index in [-0.39, 0.29) is 0 Å². The van der Waals surface area contributed by atoms with Gasteiger partial charge in [0, 0.05) is 31.3 Å². The maximum atomic E-state index is 4.56. The van der Waals surface area contributed by atoms with Crippen LogP contribution in [-0.4, -0.2) is 23.1 Å². The number of rotatable bonds is 4. The Bertz CT molecular complexity index is 541. The molecule has 0 atom stereocenters. The molecule has 0 aliphatic heterocycles. The average molecular weight is 243 g/mol. The van der Waals surface area contributed by atoms with E-state index in [0.29, 0.717) is 0 Å². The van der Waals surface area contributed by atoms with Crippen LogP contribution in [-0.2, 0) is 13.5 Å². The average Bonchev–Trinajstić information content (AvgIpc) is 2.68. The number of likely N-dealkylation sites (N-methyl/N-ethyl adjacent to an activating group) is 1. The summed E-state index contributed by atoms with van der Waals surface area (Å²) in [5, 5.41) is 3.19. The molecule has 2 rings (SSSR count). The first-order chi connectivity index (χ1) is 8.63. The fraction of sp³-hybridized carbons (Fsp3) is 0.400. The minimum absolute atomic E-state index is 0.970. The summed E-state index contributed by atoms with van der Waals surface area (Å²) < 4.78 is 2.12. The van der Waals surface area contributed by atoms with Crippen molar-refractivity contribution in [1.29, 1.82) is 0 Å². The minimum Gasteiger partial charge on any atom is -0.337 e. The number of nitrogens with one attached hydrogen (secondary N) is 1. The summed E-state index contributed by atoms with van der Waals surface area (Å²) in [6, 6.07) is 6.54. The summed E-state index contributed by atoms with van der Waals surface area (Å²) in [4.78, 5) is 4.56. The van der Waals surface area contributed by atoms with E-state index in [2.05, 4.69) is 54.0 Å². The van der Waals surface area contributed by atoms with Gasteiger partial charge in [0.1, 0.15) is 0 Å². The van der Waals surface area contributed by atoms with E-state index < -0.39 is 0 Å². The Morgan fingerprint density at radius 1 is 1.28 bits per heavy atom. The highest BCUT2D eigenvalue weighted by Gasteiger charge is 2.12. The predicted octanol–water partition coefficient (Wildman–Crippen LogP) is 2.47. The fourth-order valence-electron chi connectivity index (χ4n) is 2.30. The first-order valence-electron chi connectivity index (χ1n) is 6.36. The molecule has 0 aliphatic rings. The highest BCUT2D eigenvalue weighted by molar-refractivity contribution is 5.66. The third-order valence-corrected chi connectivity index (χ3v) is 3.31. The number of benzene rings is 1. The van der Waals surface area contributed by atoms with E-state index in [0.717, 1.165) is 18.7 Å². The third-order valence-electron chi connectivity index (χ3n) is 3.31. The molecule has 0 saturated heterocycles. The first-order valence-corrected chi connectivity index (χ1v) is 6.36. The van der Waals surface area contributed by atoms with Crippen LogP contribution in [0.25, 0.3) is 11.3 Å². The number of hydrogen-bond acceptors (Lipinski definition) is 2. The molecule has 0 bridgehead atoms. The van der Waals surface area contributed by atoms with Gasteiger partial charge in [-0.3, -0.25) is 0 Å². The predicted molar refractivity (Wildman–Crippen MR) is 75.7 cm³/mol. The molecule has 3 heteroatoms. The summed E-state index contributed by atoms with van der Waals surface area (Å²) in [7, 11) is 4.04. The van der Waals surface area contributed by atoms with Crippen LogP contribution in [0.15, 0.2) is 24.5 Å². The van der Waals surface area contributed by atoms with E-state index in [4.69, 9.17) is 0 Å². The van der Waals surface area contributed by atoms with Crippen molar-refractivity contribution in [3.05, 3.63) is 41.3 Å². The van der Waals surface area contributed by atoms with E-state index >= 15 is 0 Å². The number of hydrogen-bond donors (Lipinski definition) is 1. The van der Waals surface area contributed by atoms with Crippen molar-refractivity contribution in [1.82, 2.24) is 14.9 Å². The Balaban J connectivity index is 2.43. The third kappa shape index (κ3) is 2.46. The molecule has 0 aliphatic carbocycles. The lowest BCUT2D eigenvalue weighted by molar-refractivity contribution is 0.738. The van der Waals surface area contributed by atoms with Crippen LogP contribution >= 0.6 is 0 Å². The standard InChI is InChI=1S/C15H21N3/c1-11-5-6-13(12(2)9-11)15-14(7-8-16-3)18(4)10-17-15/h5-6,9-10,16H,7-8H2,1-4H3. The Labute approximate surface area is 109 Å². The Morgan fingerprint density at radius 2 is 2.06 bits per heavy atom. The maximum Gasteiger partial charge on any atom is 0.0953 e. The summed E-state index contributed by atoms with van der Waals surface area (Å²) in [6.45, 7) is 5.24. The van der Waals surface area contributed by atoms with Crippen LogP contribution in [0.5, 0.6) is 0 Å². The zero-order valence-electron chi connectivity index (χ0n) is 11.6. The molecule has 0 radical (unpaired) electrons. The van der Waals surface area contributed by atoms with E-state index in [1.807, 2.05) is 13.4 Å². The highest BCUT2D eigenvalue weighted by Crippen LogP contribution is 2.26. The van der Waals surface area contributed by atoms with Crippen molar-refractivity contribution in [2.45, 2.75) is 20.3 Å². The molecule has 1 heterocycles. The molecule has 1 aromatic heterocycles. The van der Waals surface area contributed by atoms with Crippen LogP contribution in [0, 0.1) is 13.8 Å². The zero-order chi connectivity index (χ0) is 13.1. The molecule has 1 aromatic carbocycles. The maximum absolute atomic E-state index is 4.56. The van der Waals surface area contributed by atoms with E-state index in [1.54, 1.807) is 0 Å². The largest absolute Gasteiger partial charge is 0.337 e. The van der Waals surface area contributed by atoms with Crippen molar-refractivity contribution in [3.63, 3.8) is 0 Å². The van der Waals surface area contributed by atoms with E-state index in [1.165, 1.54) is 22.4 Å². The van der Waals surface area contributed by atoms with Crippen LogP contribution < -0.4 is 5.32 Å². The van der Waals surface area contributed by atoms with Gasteiger partial charge >= 0.3 is 0 Å². The monoisotopic (exact) mass is 243 g/mol. The van der Waals surface area contributed by atoms with Crippen molar-refractivity contribution >= 4 is 0 Å². The fourth-order valence-corrected chi connectivity index (χ4v) is 2.30. The normalized spacial score (nSPS) is 10.9. The van der Waals surface area contributed by atoms with Crippen LogP contribution in [0.3, 0.4) is 0 Å². The van der Waals surface area contributed by atoms with Crippen molar-refractivity contribution in [2.24, 2.45) is 7.05 Å². The van der Waals surface area contributed by atoms with Crippen molar-refractivity contribution in [2.75, 3.05) is 13.6 Å². The van der Waals surface area contributed by atoms with Crippen LogP contribution in [0.4, 0.5) is 0 Å². The van der Waals surface area contributed by atoms with Gasteiger partial charge in [0.25, 0.3) is 0 Å². The number of aryl methyl sites for hydroxylation is 3. The van der Waals surface area contributed by atoms with Gasteiger partial charge in [-0.2, -0.15) is 0 Å². The molecule has 3 nitrogen and oxygen atoms in total. The number of aromatic nitrogens is 2. The van der Waals surface area contributed by atoms with Gasteiger partial charge < -0.3 is 9.88 Å². The van der Waals surface area contributed by atoms with Gasteiger partial charge in [0.2, 0.25) is 0 Å². The molecular formula is C15H21N3. The lowest BCUT2D eigenvalue weighted by atomic mass is 10.0. The van der Waals surface area contributed by atoms with Crippen molar-refractivity contribution < 1.29 is 0 Å². The first kappa shape index (κ1) is 12.8. The zero-order valence-corrected chi connectivity index (χ0v) is 11.6. The summed E-state index contributed by atoms with van der Waals surface area (Å²) >= 11 is 0. The molecule has 18 heavy (non-hydrogen) atoms. The highest BCUT2D eigenvalue weighted by atomic mass is 15.0. The lowest BCUT2D eigenvalue weighted by Gasteiger charge is -2.09. The molecule has 0 unspecified atom stereocenters. The minimum atomic E-state index is 0.970. The second kappa shape index (κ2) is 5.36. The molecule has 0 amide bonds. The van der Waals surface area contributed by atoms with Gasteiger partial charge in [-0.1, -0.05) is 23.8 Å². The number of nitrogens with zero attached hydrogens (tertiary/aromatic N) is 2. The summed E-state index contributed by atoms with van der Waals surface area (Å²) in [5.41, 5.74) is 6.23. The number of imidazole rings is 1. The smallest absolute Gasteiger partial charge is 0.0953 e. The molecule has 0 fully saturated rings. The quantitative estimate of drug-likeness (QED) is 0.894. The topological polar surface area (TPSA) is 29.9 Å². The van der Waals surface area contributed by atoms with Gasteiger partial charge in [0.05, 0.1) is 12.0 Å². The molecule has 0 saturated carbocycles. The molecule has 1 N–H and O–H groups in total. The Kier molecular flexibility index (Phi) is 3.82. The summed E-state index contributed by atoms with van der Waals surface area (Å²) in [6.07, 6.45) is 2.90. The second-order valence-electron chi connectivity index (χ2n) is 4.82. The van der Waals surface area contributed by atoms with Crippen LogP contribution in [0.1, 0.15) is 16.8 Å². The molecular weight excluding hydrogens is 222 g/mol. The molecule has 96 valence electrons. The van der Waals surface area contributed by atoms with Crippen LogP contribution in [0.2, 0.25) is 0 Å². The van der Waals surface area contributed by atoms with Gasteiger partial charge in [0.15, 0.2) is 0 Å². The van der Waals surface area contributed by atoms with Gasteiger partial charge in [-0.25, -0.2) is 4.98 Å². The summed E-state index contributed by atoms with van der Waals surface area (Å²) in [5.74, 6) is 0.